The SMILES string of the molecule is CC1CCN(CC2(Oc3ccc(-c4cnc5c(-c6cccc([S+](C)O)c6)cnn5c4)cc3)CC2)C1. The van der Waals surface area contributed by atoms with E-state index >= 15 is 0 Å². The van der Waals surface area contributed by atoms with Crippen LogP contribution < -0.4 is 4.74 Å². The molecule has 0 spiro atoms. The number of benzene rings is 2. The van der Waals surface area contributed by atoms with Crippen LogP contribution in [0.1, 0.15) is 26.2 Å². The van der Waals surface area contributed by atoms with Crippen LogP contribution in [-0.2, 0) is 11.2 Å². The highest BCUT2D eigenvalue weighted by Gasteiger charge is 2.47. The monoisotopic (exact) mass is 487 g/mol. The number of aromatic nitrogens is 3. The molecule has 2 fully saturated rings. The quantitative estimate of drug-likeness (QED) is 0.354. The summed E-state index contributed by atoms with van der Waals surface area (Å²) >= 11 is -0.781. The van der Waals surface area contributed by atoms with E-state index in [1.54, 1.807) is 6.26 Å². The van der Waals surface area contributed by atoms with Crippen molar-refractivity contribution in [3.8, 4) is 28.0 Å². The molecule has 180 valence electrons. The number of rotatable bonds is 7. The van der Waals surface area contributed by atoms with E-state index in [1.807, 2.05) is 47.4 Å². The molecule has 3 heterocycles. The normalized spacial score (nSPS) is 20.3. The molecule has 1 saturated carbocycles. The van der Waals surface area contributed by atoms with Crippen LogP contribution in [0, 0.1) is 5.92 Å². The van der Waals surface area contributed by atoms with Gasteiger partial charge in [0.1, 0.15) is 17.6 Å². The molecule has 0 bridgehead atoms. The second-order valence-corrected chi connectivity index (χ2v) is 11.5. The highest BCUT2D eigenvalue weighted by molar-refractivity contribution is 7.90. The molecule has 35 heavy (non-hydrogen) atoms. The summed E-state index contributed by atoms with van der Waals surface area (Å²) in [5.41, 5.74) is 4.85. The molecule has 4 aromatic rings. The maximum absolute atomic E-state index is 9.96. The summed E-state index contributed by atoms with van der Waals surface area (Å²) in [7, 11) is 0. The van der Waals surface area contributed by atoms with Crippen LogP contribution in [0.3, 0.4) is 0 Å². The average Bonchev–Trinajstić information content (AvgIpc) is 3.28. The molecule has 2 aliphatic rings. The fraction of sp³-hybridized carbons (Fsp3) is 0.357. The Bertz CT molecular complexity index is 1350. The van der Waals surface area contributed by atoms with Gasteiger partial charge in [-0.05, 0) is 61.1 Å². The van der Waals surface area contributed by atoms with Gasteiger partial charge in [0, 0.05) is 42.7 Å². The van der Waals surface area contributed by atoms with Crippen molar-refractivity contribution in [1.29, 1.82) is 0 Å². The second kappa shape index (κ2) is 8.97. The fourth-order valence-corrected chi connectivity index (χ4v) is 5.62. The highest BCUT2D eigenvalue weighted by Crippen LogP contribution is 2.42. The molecule has 2 unspecified atom stereocenters. The van der Waals surface area contributed by atoms with E-state index in [1.165, 1.54) is 19.5 Å². The molecule has 0 radical (unpaired) electrons. The predicted octanol–water partition coefficient (Wildman–Crippen LogP) is 5.40. The zero-order valence-corrected chi connectivity index (χ0v) is 21.0. The van der Waals surface area contributed by atoms with E-state index in [9.17, 15) is 4.55 Å². The Morgan fingerprint density at radius 3 is 2.63 bits per heavy atom. The third-order valence-electron chi connectivity index (χ3n) is 7.19. The third kappa shape index (κ3) is 4.68. The van der Waals surface area contributed by atoms with Crippen LogP contribution in [0.25, 0.3) is 27.9 Å². The van der Waals surface area contributed by atoms with Gasteiger partial charge in [0.05, 0.1) is 6.20 Å². The van der Waals surface area contributed by atoms with Crippen molar-refractivity contribution in [2.75, 3.05) is 25.9 Å². The number of ether oxygens (including phenoxy) is 1. The van der Waals surface area contributed by atoms with Gasteiger partial charge in [0.25, 0.3) is 0 Å². The van der Waals surface area contributed by atoms with Crippen LogP contribution in [0.5, 0.6) is 5.75 Å². The summed E-state index contributed by atoms with van der Waals surface area (Å²) in [4.78, 5) is 8.20. The summed E-state index contributed by atoms with van der Waals surface area (Å²) < 4.78 is 18.2. The molecule has 1 aliphatic carbocycles. The minimum absolute atomic E-state index is 0.00310. The fourth-order valence-electron chi connectivity index (χ4n) is 5.05. The number of hydrogen-bond acceptors (Lipinski definition) is 5. The lowest BCUT2D eigenvalue weighted by Crippen LogP contribution is -2.35. The summed E-state index contributed by atoms with van der Waals surface area (Å²) in [6.45, 7) is 5.77. The molecule has 2 atom stereocenters. The van der Waals surface area contributed by atoms with Gasteiger partial charge in [-0.2, -0.15) is 9.65 Å². The lowest BCUT2D eigenvalue weighted by atomic mass is 10.1. The van der Waals surface area contributed by atoms with Gasteiger partial charge in [0.15, 0.2) is 21.7 Å². The third-order valence-corrected chi connectivity index (χ3v) is 8.13. The minimum atomic E-state index is -0.781. The summed E-state index contributed by atoms with van der Waals surface area (Å²) in [6, 6.07) is 16.3. The maximum Gasteiger partial charge on any atom is 0.190 e. The Morgan fingerprint density at radius 2 is 1.91 bits per heavy atom. The lowest BCUT2D eigenvalue weighted by molar-refractivity contribution is 0.124. The van der Waals surface area contributed by atoms with Crippen molar-refractivity contribution in [3.05, 3.63) is 67.1 Å². The molecule has 7 heteroatoms. The predicted molar refractivity (Wildman–Crippen MR) is 141 cm³/mol. The first-order valence-corrected chi connectivity index (χ1v) is 13.9. The summed E-state index contributed by atoms with van der Waals surface area (Å²) in [5, 5.41) is 4.55. The number of hydrogen-bond donors (Lipinski definition) is 1. The van der Waals surface area contributed by atoms with Crippen LogP contribution in [-0.4, -0.2) is 55.5 Å². The Morgan fingerprint density at radius 1 is 1.09 bits per heavy atom. The first-order chi connectivity index (χ1) is 17.0. The Balaban J connectivity index is 1.19. The first-order valence-electron chi connectivity index (χ1n) is 12.3. The Kier molecular flexibility index (Phi) is 5.79. The smallest absolute Gasteiger partial charge is 0.190 e. The Labute approximate surface area is 209 Å². The zero-order valence-electron chi connectivity index (χ0n) is 20.2. The lowest BCUT2D eigenvalue weighted by Gasteiger charge is -2.24. The van der Waals surface area contributed by atoms with E-state index in [0.717, 1.165) is 63.9 Å². The van der Waals surface area contributed by atoms with Crippen molar-refractivity contribution in [2.24, 2.45) is 5.92 Å². The average molecular weight is 488 g/mol. The van der Waals surface area contributed by atoms with Crippen molar-refractivity contribution in [3.63, 3.8) is 0 Å². The zero-order chi connectivity index (χ0) is 24.0. The van der Waals surface area contributed by atoms with E-state index < -0.39 is 11.2 Å². The van der Waals surface area contributed by atoms with Crippen molar-refractivity contribution in [1.82, 2.24) is 19.5 Å². The van der Waals surface area contributed by atoms with Gasteiger partial charge < -0.3 is 4.74 Å². The number of likely N-dealkylation sites (tertiary alicyclic amines) is 1. The molecule has 2 aromatic heterocycles. The molecule has 0 amide bonds. The largest absolute Gasteiger partial charge is 0.486 e. The van der Waals surface area contributed by atoms with Crippen LogP contribution in [0.15, 0.2) is 72.0 Å². The van der Waals surface area contributed by atoms with Crippen molar-refractivity contribution in [2.45, 2.75) is 36.7 Å². The van der Waals surface area contributed by atoms with Crippen LogP contribution in [0.4, 0.5) is 0 Å². The summed E-state index contributed by atoms with van der Waals surface area (Å²) in [5.74, 6) is 1.74. The molecular formula is C28H31N4O2S+. The van der Waals surface area contributed by atoms with Gasteiger partial charge in [-0.1, -0.05) is 31.2 Å². The molecular weight excluding hydrogens is 456 g/mol. The van der Waals surface area contributed by atoms with E-state index in [2.05, 4.69) is 41.2 Å². The number of nitrogens with zero attached hydrogens (tertiary/aromatic N) is 4. The Hall–Kier alpha value is -2.87. The van der Waals surface area contributed by atoms with Crippen LogP contribution in [0.2, 0.25) is 0 Å². The van der Waals surface area contributed by atoms with Crippen molar-refractivity contribution >= 4 is 16.8 Å². The topological polar surface area (TPSA) is 62.9 Å². The molecule has 6 rings (SSSR count). The second-order valence-electron chi connectivity index (χ2n) is 10.1. The molecule has 1 aliphatic heterocycles. The highest BCUT2D eigenvalue weighted by atomic mass is 32.2. The van der Waals surface area contributed by atoms with Crippen molar-refractivity contribution < 1.29 is 9.29 Å². The van der Waals surface area contributed by atoms with E-state index in [0.29, 0.717) is 0 Å². The minimum Gasteiger partial charge on any atom is -0.486 e. The molecule has 1 N–H and O–H groups in total. The molecule has 2 aromatic carbocycles. The van der Waals surface area contributed by atoms with Gasteiger partial charge in [0.2, 0.25) is 0 Å². The standard InChI is InChI=1S/C28H31N4O2S/c1-20-10-13-31(17-20)19-28(11-12-28)34-24-8-6-21(7-9-24)23-15-29-27-26(16-30-32(27)18-23)22-4-3-5-25(14-22)35(2)33/h3-9,14-16,18,20,33H,10-13,17,19H2,1-2H3/q+1. The van der Waals surface area contributed by atoms with Gasteiger partial charge in [-0.25, -0.2) is 9.50 Å². The first kappa shape index (κ1) is 22.6. The van der Waals surface area contributed by atoms with E-state index in [4.69, 9.17) is 9.72 Å². The van der Waals surface area contributed by atoms with E-state index in [-0.39, 0.29) is 5.60 Å². The van der Waals surface area contributed by atoms with Gasteiger partial charge >= 0.3 is 0 Å². The van der Waals surface area contributed by atoms with Gasteiger partial charge in [-0.3, -0.25) is 4.90 Å². The summed E-state index contributed by atoms with van der Waals surface area (Å²) in [6.07, 6.45) is 11.1. The maximum atomic E-state index is 9.96. The van der Waals surface area contributed by atoms with Gasteiger partial charge in [-0.15, -0.1) is 0 Å². The number of fused-ring (bicyclic) bond motifs is 1. The molecule has 1 saturated heterocycles. The van der Waals surface area contributed by atoms with Crippen LogP contribution >= 0.6 is 0 Å². The molecule has 6 nitrogen and oxygen atoms in total.